The highest BCUT2D eigenvalue weighted by Crippen LogP contribution is 2.14. The molecule has 0 aliphatic rings. The number of aromatic nitrogens is 2. The Balaban J connectivity index is 3.33. The van der Waals surface area contributed by atoms with Gasteiger partial charge in [0.15, 0.2) is 16.8 Å². The maximum absolute atomic E-state index is 10.9. The molecular formula is C7H8ClN3O. The molecule has 0 unspecified atom stereocenters. The van der Waals surface area contributed by atoms with Crippen LogP contribution in [0, 0.1) is 6.92 Å². The monoisotopic (exact) mass is 185 g/mol. The van der Waals surface area contributed by atoms with Crippen LogP contribution in [-0.4, -0.2) is 15.8 Å². The number of nitrogens with zero attached hydrogens (tertiary/aromatic N) is 2. The largest absolute Gasteiger partial charge is 0.382 e. The Bertz CT molecular complexity index is 338. The molecule has 0 saturated heterocycles. The molecular weight excluding hydrogens is 178 g/mol. The van der Waals surface area contributed by atoms with Crippen LogP contribution >= 0.6 is 11.6 Å². The Kier molecular flexibility index (Phi) is 2.28. The minimum Gasteiger partial charge on any atom is -0.382 e. The molecule has 0 amide bonds. The molecule has 12 heavy (non-hydrogen) atoms. The summed E-state index contributed by atoms with van der Waals surface area (Å²) < 4.78 is 0. The molecule has 0 aliphatic heterocycles. The van der Waals surface area contributed by atoms with Crippen molar-refractivity contribution in [2.45, 2.75) is 13.8 Å². The van der Waals surface area contributed by atoms with Gasteiger partial charge in [0, 0.05) is 6.92 Å². The number of halogens is 1. The number of aryl methyl sites for hydroxylation is 1. The van der Waals surface area contributed by atoms with E-state index in [9.17, 15) is 4.79 Å². The Hall–Kier alpha value is -1.16. The van der Waals surface area contributed by atoms with Gasteiger partial charge >= 0.3 is 0 Å². The van der Waals surface area contributed by atoms with Gasteiger partial charge in [-0.05, 0) is 6.92 Å². The zero-order valence-corrected chi connectivity index (χ0v) is 7.51. The van der Waals surface area contributed by atoms with E-state index in [1.165, 1.54) is 6.92 Å². The molecule has 0 fully saturated rings. The number of rotatable bonds is 1. The number of ketones is 1. The van der Waals surface area contributed by atoms with E-state index in [1.54, 1.807) is 6.92 Å². The van der Waals surface area contributed by atoms with Crippen molar-refractivity contribution in [2.75, 3.05) is 5.73 Å². The van der Waals surface area contributed by atoms with E-state index in [4.69, 9.17) is 17.3 Å². The van der Waals surface area contributed by atoms with E-state index in [1.807, 2.05) is 0 Å². The van der Waals surface area contributed by atoms with E-state index in [0.717, 1.165) is 0 Å². The van der Waals surface area contributed by atoms with Crippen molar-refractivity contribution in [3.63, 3.8) is 0 Å². The predicted octanol–water partition coefficient (Wildman–Crippen LogP) is 1.22. The maximum atomic E-state index is 10.9. The SMILES string of the molecule is CC(=O)c1nc(C)c(Cl)nc1N. The molecule has 0 radical (unpaired) electrons. The first kappa shape index (κ1) is 8.93. The molecule has 0 bridgehead atoms. The Labute approximate surface area is 74.8 Å². The number of anilines is 1. The van der Waals surface area contributed by atoms with E-state index in [-0.39, 0.29) is 22.4 Å². The van der Waals surface area contributed by atoms with Crippen LogP contribution in [-0.2, 0) is 0 Å². The number of Topliss-reactive ketones (excluding diaryl/α,β-unsaturated/α-hetero) is 1. The van der Waals surface area contributed by atoms with Crippen LogP contribution in [0.25, 0.3) is 0 Å². The lowest BCUT2D eigenvalue weighted by atomic mass is 10.3. The number of hydrogen-bond donors (Lipinski definition) is 1. The average Bonchev–Trinajstić information content (AvgIpc) is 1.96. The van der Waals surface area contributed by atoms with E-state index in [2.05, 4.69) is 9.97 Å². The fourth-order valence-corrected chi connectivity index (χ4v) is 0.903. The molecule has 1 heterocycles. The predicted molar refractivity (Wildman–Crippen MR) is 46.2 cm³/mol. The summed E-state index contributed by atoms with van der Waals surface area (Å²) in [6.07, 6.45) is 0. The van der Waals surface area contributed by atoms with Crippen molar-refractivity contribution in [1.29, 1.82) is 0 Å². The van der Waals surface area contributed by atoms with Crippen LogP contribution < -0.4 is 5.73 Å². The number of carbonyl (C=O) groups excluding carboxylic acids is 1. The van der Waals surface area contributed by atoms with Gasteiger partial charge in [-0.15, -0.1) is 0 Å². The van der Waals surface area contributed by atoms with Gasteiger partial charge < -0.3 is 5.73 Å². The Morgan fingerprint density at radius 3 is 2.58 bits per heavy atom. The average molecular weight is 186 g/mol. The molecule has 1 aromatic rings. The zero-order chi connectivity index (χ0) is 9.30. The number of nitrogens with two attached hydrogens (primary N) is 1. The fourth-order valence-electron chi connectivity index (χ4n) is 0.770. The molecule has 5 heteroatoms. The molecule has 0 aromatic carbocycles. The minimum atomic E-state index is -0.209. The number of carbonyl (C=O) groups is 1. The molecule has 1 aromatic heterocycles. The molecule has 0 aliphatic carbocycles. The first-order valence-electron chi connectivity index (χ1n) is 3.33. The zero-order valence-electron chi connectivity index (χ0n) is 6.76. The van der Waals surface area contributed by atoms with Gasteiger partial charge in [-0.1, -0.05) is 11.6 Å². The maximum Gasteiger partial charge on any atom is 0.181 e. The minimum absolute atomic E-state index is 0.0816. The van der Waals surface area contributed by atoms with Gasteiger partial charge in [-0.25, -0.2) is 9.97 Å². The smallest absolute Gasteiger partial charge is 0.181 e. The summed E-state index contributed by atoms with van der Waals surface area (Å²) in [5, 5.41) is 0.234. The van der Waals surface area contributed by atoms with Gasteiger partial charge in [-0.2, -0.15) is 0 Å². The molecule has 0 spiro atoms. The summed E-state index contributed by atoms with van der Waals surface area (Å²) in [6.45, 7) is 3.05. The van der Waals surface area contributed by atoms with Gasteiger partial charge in [0.05, 0.1) is 5.69 Å². The lowest BCUT2D eigenvalue weighted by Crippen LogP contribution is -2.07. The van der Waals surface area contributed by atoms with Crippen molar-refractivity contribution in [2.24, 2.45) is 0 Å². The third kappa shape index (κ3) is 1.53. The molecule has 1 rings (SSSR count). The van der Waals surface area contributed by atoms with Crippen LogP contribution in [0.1, 0.15) is 23.1 Å². The summed E-state index contributed by atoms with van der Waals surface area (Å²) in [6, 6.07) is 0. The Morgan fingerprint density at radius 2 is 2.08 bits per heavy atom. The van der Waals surface area contributed by atoms with Crippen LogP contribution in [0.3, 0.4) is 0 Å². The quantitative estimate of drug-likeness (QED) is 0.668. The standard InChI is InChI=1S/C7H8ClN3O/c1-3-6(8)11-7(9)5(10-3)4(2)12/h1-2H3,(H2,9,11). The van der Waals surface area contributed by atoms with E-state index >= 15 is 0 Å². The van der Waals surface area contributed by atoms with E-state index < -0.39 is 0 Å². The summed E-state index contributed by atoms with van der Waals surface area (Å²) >= 11 is 5.63. The van der Waals surface area contributed by atoms with Gasteiger partial charge in [0.25, 0.3) is 0 Å². The second-order valence-electron chi connectivity index (χ2n) is 2.39. The number of nitrogen functional groups attached to an aromatic ring is 1. The molecule has 0 saturated carbocycles. The first-order valence-corrected chi connectivity index (χ1v) is 3.70. The second kappa shape index (κ2) is 3.06. The lowest BCUT2D eigenvalue weighted by Gasteiger charge is -2.02. The highest BCUT2D eigenvalue weighted by Gasteiger charge is 2.10. The Morgan fingerprint density at radius 1 is 1.50 bits per heavy atom. The summed E-state index contributed by atoms with van der Waals surface area (Å²) in [5.74, 6) is -0.127. The van der Waals surface area contributed by atoms with Gasteiger partial charge in [0.1, 0.15) is 5.69 Å². The highest BCUT2D eigenvalue weighted by atomic mass is 35.5. The fraction of sp³-hybridized carbons (Fsp3) is 0.286. The first-order chi connectivity index (χ1) is 5.52. The van der Waals surface area contributed by atoms with Crippen molar-refractivity contribution < 1.29 is 4.79 Å². The second-order valence-corrected chi connectivity index (χ2v) is 2.75. The van der Waals surface area contributed by atoms with Gasteiger partial charge in [-0.3, -0.25) is 4.79 Å². The van der Waals surface area contributed by atoms with Crippen molar-refractivity contribution in [3.8, 4) is 0 Å². The third-order valence-electron chi connectivity index (χ3n) is 1.37. The van der Waals surface area contributed by atoms with Crippen molar-refractivity contribution in [1.82, 2.24) is 9.97 Å². The summed E-state index contributed by atoms with van der Waals surface area (Å²) in [4.78, 5) is 18.6. The van der Waals surface area contributed by atoms with Crippen LogP contribution in [0.2, 0.25) is 5.15 Å². The van der Waals surface area contributed by atoms with Crippen LogP contribution in [0.5, 0.6) is 0 Å². The molecule has 4 nitrogen and oxygen atoms in total. The van der Waals surface area contributed by atoms with Crippen LogP contribution in [0.15, 0.2) is 0 Å². The topological polar surface area (TPSA) is 68.9 Å². The number of hydrogen-bond acceptors (Lipinski definition) is 4. The highest BCUT2D eigenvalue weighted by molar-refractivity contribution is 6.30. The molecule has 0 atom stereocenters. The van der Waals surface area contributed by atoms with E-state index in [0.29, 0.717) is 5.69 Å². The van der Waals surface area contributed by atoms with Gasteiger partial charge in [0.2, 0.25) is 0 Å². The lowest BCUT2D eigenvalue weighted by molar-refractivity contribution is 0.101. The molecule has 2 N–H and O–H groups in total. The van der Waals surface area contributed by atoms with Crippen molar-refractivity contribution >= 4 is 23.2 Å². The summed E-state index contributed by atoms with van der Waals surface area (Å²) in [5.41, 5.74) is 6.10. The summed E-state index contributed by atoms with van der Waals surface area (Å²) in [7, 11) is 0. The molecule has 64 valence electrons. The van der Waals surface area contributed by atoms with Crippen LogP contribution in [0.4, 0.5) is 5.82 Å². The van der Waals surface area contributed by atoms with Crippen molar-refractivity contribution in [3.05, 3.63) is 16.5 Å². The third-order valence-corrected chi connectivity index (χ3v) is 1.73. The normalized spacial score (nSPS) is 9.92.